The van der Waals surface area contributed by atoms with Crippen LogP contribution in [0.4, 0.5) is 5.69 Å². The van der Waals surface area contributed by atoms with Crippen LogP contribution in [0.2, 0.25) is 0 Å². The van der Waals surface area contributed by atoms with Gasteiger partial charge in [-0.2, -0.15) is 0 Å². The van der Waals surface area contributed by atoms with Crippen LogP contribution < -0.4 is 20.1 Å². The summed E-state index contributed by atoms with van der Waals surface area (Å²) in [6.45, 7) is 3.10. The molecule has 1 fully saturated rings. The monoisotopic (exact) mass is 382 g/mol. The second kappa shape index (κ2) is 8.67. The fourth-order valence-corrected chi connectivity index (χ4v) is 3.08. The molecule has 0 bridgehead atoms. The first-order valence-corrected chi connectivity index (χ1v) is 9.23. The number of hydrogen-bond acceptors (Lipinski definition) is 5. The number of carbonyl (C=O) groups excluding carboxylic acids is 3. The minimum atomic E-state index is -1.23. The Kier molecular flexibility index (Phi) is 6.06. The third-order valence-electron chi connectivity index (χ3n) is 4.58. The van der Waals surface area contributed by atoms with E-state index in [1.54, 1.807) is 41.7 Å². The molecule has 1 atom stereocenters. The first-order valence-electron chi connectivity index (χ1n) is 9.23. The van der Waals surface area contributed by atoms with Gasteiger partial charge in [0.1, 0.15) is 12.3 Å². The Labute approximate surface area is 162 Å². The van der Waals surface area contributed by atoms with Gasteiger partial charge in [0.05, 0.1) is 24.7 Å². The van der Waals surface area contributed by atoms with E-state index in [9.17, 15) is 19.5 Å². The fraction of sp³-hybridized carbons (Fsp3) is 0.286. The molecule has 3 rings (SSSR count). The number of quaternary nitrogens is 1. The lowest BCUT2D eigenvalue weighted by molar-refractivity contribution is -0.690. The Bertz CT molecular complexity index is 861. The normalized spacial score (nSPS) is 16.5. The Hall–Kier alpha value is -3.19. The van der Waals surface area contributed by atoms with Gasteiger partial charge >= 0.3 is 0 Å². The molecule has 1 aliphatic rings. The summed E-state index contributed by atoms with van der Waals surface area (Å²) in [5.41, 5.74) is 1.50. The number of nitrogens with zero attached hydrogens (tertiary/aromatic N) is 1. The van der Waals surface area contributed by atoms with Gasteiger partial charge in [0, 0.05) is 5.56 Å². The van der Waals surface area contributed by atoms with Crippen molar-refractivity contribution in [3.8, 4) is 5.75 Å². The number of rotatable bonds is 8. The lowest BCUT2D eigenvalue weighted by Gasteiger charge is -2.15. The Balaban J connectivity index is 1.62. The number of nitrogens with two attached hydrogens (primary N) is 1. The molecule has 7 heteroatoms. The zero-order chi connectivity index (χ0) is 20.1. The summed E-state index contributed by atoms with van der Waals surface area (Å²) in [5, 5.41) is 12.6. The zero-order valence-electron chi connectivity index (χ0n) is 15.6. The number of carbonyl (C=O) groups is 3. The minimum Gasteiger partial charge on any atom is -0.545 e. The number of carboxylic acids is 1. The molecule has 0 aromatic heterocycles. The quantitative estimate of drug-likeness (QED) is 0.659. The number of benzene rings is 2. The van der Waals surface area contributed by atoms with Crippen molar-refractivity contribution < 1.29 is 29.5 Å². The Morgan fingerprint density at radius 3 is 2.43 bits per heavy atom. The van der Waals surface area contributed by atoms with Crippen LogP contribution in [-0.2, 0) is 16.1 Å². The van der Waals surface area contributed by atoms with Crippen molar-refractivity contribution in [1.82, 2.24) is 0 Å². The van der Waals surface area contributed by atoms with Crippen molar-refractivity contribution >= 4 is 23.5 Å². The molecule has 0 unspecified atom stereocenters. The second-order valence-corrected chi connectivity index (χ2v) is 6.64. The zero-order valence-corrected chi connectivity index (χ0v) is 15.6. The summed E-state index contributed by atoms with van der Waals surface area (Å²) in [6.07, 6.45) is 1.03. The van der Waals surface area contributed by atoms with Crippen LogP contribution in [0.5, 0.6) is 5.75 Å². The maximum Gasteiger partial charge on any atom is 0.292 e. The molecular weight excluding hydrogens is 360 g/mol. The van der Waals surface area contributed by atoms with Crippen LogP contribution in [-0.4, -0.2) is 30.4 Å². The first kappa shape index (κ1) is 19.6. The van der Waals surface area contributed by atoms with Crippen molar-refractivity contribution in [2.45, 2.75) is 32.4 Å². The van der Waals surface area contributed by atoms with E-state index >= 15 is 0 Å². The smallest absolute Gasteiger partial charge is 0.292 e. The van der Waals surface area contributed by atoms with Crippen LogP contribution in [0, 0.1) is 0 Å². The summed E-state index contributed by atoms with van der Waals surface area (Å²) in [6, 6.07) is 12.7. The Morgan fingerprint density at radius 2 is 1.82 bits per heavy atom. The molecule has 0 aliphatic carbocycles. The van der Waals surface area contributed by atoms with Gasteiger partial charge in [-0.05, 0) is 36.2 Å². The topological polar surface area (TPSA) is 103 Å². The molecule has 28 heavy (non-hydrogen) atoms. The van der Waals surface area contributed by atoms with Crippen molar-refractivity contribution in [3.05, 3.63) is 59.7 Å². The van der Waals surface area contributed by atoms with Crippen molar-refractivity contribution in [2.24, 2.45) is 0 Å². The molecule has 1 heterocycles. The number of imide groups is 1. The second-order valence-electron chi connectivity index (χ2n) is 6.64. The third-order valence-corrected chi connectivity index (χ3v) is 4.58. The van der Waals surface area contributed by atoms with E-state index in [4.69, 9.17) is 4.74 Å². The average Bonchev–Trinajstić information content (AvgIpc) is 2.99. The van der Waals surface area contributed by atoms with E-state index in [-0.39, 0.29) is 23.8 Å². The predicted molar refractivity (Wildman–Crippen MR) is 99.5 cm³/mol. The molecule has 7 nitrogen and oxygen atoms in total. The molecule has 0 spiro atoms. The van der Waals surface area contributed by atoms with Gasteiger partial charge in [-0.1, -0.05) is 31.2 Å². The largest absolute Gasteiger partial charge is 0.545 e. The number of carboxylic acid groups (broad SMARTS) is 1. The molecule has 1 saturated heterocycles. The van der Waals surface area contributed by atoms with Crippen LogP contribution in [0.3, 0.4) is 0 Å². The van der Waals surface area contributed by atoms with Gasteiger partial charge in [-0.3, -0.25) is 9.59 Å². The minimum absolute atomic E-state index is 0.105. The molecule has 0 radical (unpaired) electrons. The highest BCUT2D eigenvalue weighted by molar-refractivity contribution is 6.21. The molecule has 2 amide bonds. The number of anilines is 1. The van der Waals surface area contributed by atoms with Crippen LogP contribution >= 0.6 is 0 Å². The van der Waals surface area contributed by atoms with Gasteiger partial charge in [-0.15, -0.1) is 0 Å². The number of ether oxygens (including phenoxy) is 1. The molecule has 2 aromatic rings. The van der Waals surface area contributed by atoms with Gasteiger partial charge in [0.25, 0.3) is 5.91 Å². The third kappa shape index (κ3) is 4.37. The first-order chi connectivity index (χ1) is 13.5. The van der Waals surface area contributed by atoms with E-state index < -0.39 is 12.0 Å². The molecule has 2 N–H and O–H groups in total. The van der Waals surface area contributed by atoms with Crippen LogP contribution in [0.1, 0.15) is 35.7 Å². The highest BCUT2D eigenvalue weighted by Gasteiger charge is 2.42. The summed E-state index contributed by atoms with van der Waals surface area (Å²) < 4.78 is 5.52. The standard InChI is InChI=1S/C21H22N2O5/c1-2-11-28-17-9-7-16(8-10-17)23-19(24)12-18(20(23)25)22-13-14-3-5-15(6-4-14)21(26)27/h3-10,18,22H,2,11-13H2,1H3,(H,26,27)/t18-/m1/s1. The van der Waals surface area contributed by atoms with E-state index in [2.05, 4.69) is 0 Å². The van der Waals surface area contributed by atoms with E-state index in [0.29, 0.717) is 24.6 Å². The molecular formula is C21H22N2O5. The summed E-state index contributed by atoms with van der Waals surface area (Å²) in [4.78, 5) is 37.1. The van der Waals surface area contributed by atoms with E-state index in [0.717, 1.165) is 12.0 Å². The van der Waals surface area contributed by atoms with Gasteiger partial charge in [0.15, 0.2) is 6.04 Å². The lowest BCUT2D eigenvalue weighted by Crippen LogP contribution is -2.90. The number of aromatic carboxylic acids is 1. The van der Waals surface area contributed by atoms with Crippen molar-refractivity contribution in [2.75, 3.05) is 11.5 Å². The average molecular weight is 382 g/mol. The van der Waals surface area contributed by atoms with Gasteiger partial charge in [0.2, 0.25) is 5.91 Å². The molecule has 0 saturated carbocycles. The molecule has 1 aliphatic heterocycles. The molecule has 2 aromatic carbocycles. The highest BCUT2D eigenvalue weighted by Crippen LogP contribution is 2.24. The SMILES string of the molecule is CCCOc1ccc(N2C(=O)C[C@@H]([NH2+]Cc3ccc(C(=O)[O-])cc3)C2=O)cc1. The van der Waals surface area contributed by atoms with E-state index in [1.165, 1.54) is 17.0 Å². The van der Waals surface area contributed by atoms with Crippen molar-refractivity contribution in [1.29, 1.82) is 0 Å². The van der Waals surface area contributed by atoms with Gasteiger partial charge < -0.3 is 20.0 Å². The maximum atomic E-state index is 12.7. The predicted octanol–water partition coefficient (Wildman–Crippen LogP) is 0.234. The van der Waals surface area contributed by atoms with Crippen molar-refractivity contribution in [3.63, 3.8) is 0 Å². The van der Waals surface area contributed by atoms with E-state index in [1.807, 2.05) is 6.92 Å². The number of hydrogen-bond donors (Lipinski definition) is 1. The lowest BCUT2D eigenvalue weighted by atomic mass is 10.1. The van der Waals surface area contributed by atoms with Crippen LogP contribution in [0.15, 0.2) is 48.5 Å². The maximum absolute atomic E-state index is 12.7. The van der Waals surface area contributed by atoms with Gasteiger partial charge in [-0.25, -0.2) is 4.90 Å². The molecule has 146 valence electrons. The highest BCUT2D eigenvalue weighted by atomic mass is 16.5. The van der Waals surface area contributed by atoms with Crippen LogP contribution in [0.25, 0.3) is 0 Å². The summed E-state index contributed by atoms with van der Waals surface area (Å²) in [5.74, 6) is -1.01. The Morgan fingerprint density at radius 1 is 1.14 bits per heavy atom. The summed E-state index contributed by atoms with van der Waals surface area (Å²) >= 11 is 0. The summed E-state index contributed by atoms with van der Waals surface area (Å²) in [7, 11) is 0. The number of amides is 2. The fourth-order valence-electron chi connectivity index (χ4n) is 3.08.